The zero-order chi connectivity index (χ0) is 24.0. The van der Waals surface area contributed by atoms with Gasteiger partial charge in [-0.3, -0.25) is 0 Å². The number of hydrogen-bond donors (Lipinski definition) is 2. The summed E-state index contributed by atoms with van der Waals surface area (Å²) in [7, 11) is 0. The number of ether oxygens (including phenoxy) is 3. The number of carbonyl (C=O) groups is 1. The van der Waals surface area contributed by atoms with E-state index >= 15 is 0 Å². The molecule has 10 heteroatoms. The number of H-pyrrole nitrogens is 1. The Balaban J connectivity index is 1.41. The van der Waals surface area contributed by atoms with Crippen LogP contribution in [-0.2, 0) is 22.5 Å². The first-order valence-corrected chi connectivity index (χ1v) is 10.8. The Morgan fingerprint density at radius 3 is 2.59 bits per heavy atom. The predicted molar refractivity (Wildman–Crippen MR) is 117 cm³/mol. The van der Waals surface area contributed by atoms with Crippen LogP contribution < -0.4 is 10.1 Å². The first kappa shape index (κ1) is 23.6. The molecule has 1 fully saturated rings. The number of imidazole rings is 1. The summed E-state index contributed by atoms with van der Waals surface area (Å²) in [6, 6.07) is 14.9. The van der Waals surface area contributed by atoms with E-state index < -0.39 is 18.0 Å². The molecule has 1 atom stereocenters. The molecule has 1 aliphatic rings. The maximum absolute atomic E-state index is 12.5. The number of hydrogen-bond acceptors (Lipinski definition) is 5. The second-order valence-corrected chi connectivity index (χ2v) is 8.12. The molecule has 2 N–H and O–H groups in total. The third-order valence-electron chi connectivity index (χ3n) is 5.44. The first-order valence-electron chi connectivity index (χ1n) is 10.8. The van der Waals surface area contributed by atoms with Crippen molar-refractivity contribution in [1.82, 2.24) is 15.3 Å². The molecule has 1 saturated heterocycles. The largest absolute Gasteiger partial charge is 0.573 e. The average molecular weight is 475 g/mol. The lowest BCUT2D eigenvalue weighted by molar-refractivity contribution is -0.274. The normalized spacial score (nSPS) is 18.3. The van der Waals surface area contributed by atoms with Crippen LogP contribution in [0.1, 0.15) is 24.2 Å². The summed E-state index contributed by atoms with van der Waals surface area (Å²) in [5.74, 6) is 0.312. The molecule has 2 heterocycles. The minimum absolute atomic E-state index is 0.155. The van der Waals surface area contributed by atoms with Gasteiger partial charge in [0.2, 0.25) is 0 Å². The number of nitrogens with one attached hydrogen (secondary N) is 2. The standard InChI is InChI=1S/C24H24F3N3O4/c25-24(26,27)34-19-9-7-18(8-10-19)20-14-28-21(29-20)13-23(11-4-12-32-16-23)30-22(31)33-15-17-5-2-1-3-6-17/h1-3,5-10,14H,4,11-13,15-16H2,(H,28,29)(H,30,31). The fourth-order valence-electron chi connectivity index (χ4n) is 3.87. The van der Waals surface area contributed by atoms with Crippen LogP contribution in [0.2, 0.25) is 0 Å². The van der Waals surface area contributed by atoms with Crippen molar-refractivity contribution in [2.24, 2.45) is 0 Å². The summed E-state index contributed by atoms with van der Waals surface area (Å²) in [5.41, 5.74) is 1.48. The third kappa shape index (κ3) is 6.50. The Kier molecular flexibility index (Phi) is 7.06. The van der Waals surface area contributed by atoms with Gasteiger partial charge in [0, 0.05) is 13.0 Å². The molecule has 1 aromatic heterocycles. The van der Waals surface area contributed by atoms with E-state index in [0.29, 0.717) is 43.1 Å². The lowest BCUT2D eigenvalue weighted by Crippen LogP contribution is -2.55. The molecule has 0 spiro atoms. The molecule has 0 radical (unpaired) electrons. The second-order valence-electron chi connectivity index (χ2n) is 8.12. The SMILES string of the molecule is O=C(NC1(Cc2ncc(-c3ccc(OC(F)(F)F)cc3)[nH]2)CCCOC1)OCc1ccccc1. The van der Waals surface area contributed by atoms with Gasteiger partial charge in [-0.05, 0) is 48.2 Å². The molecule has 3 aromatic rings. The van der Waals surface area contributed by atoms with Gasteiger partial charge < -0.3 is 24.5 Å². The number of rotatable bonds is 7. The fraction of sp³-hybridized carbons (Fsp3) is 0.333. The van der Waals surface area contributed by atoms with Gasteiger partial charge in [0.25, 0.3) is 0 Å². The molecule has 0 aliphatic carbocycles. The Bertz CT molecular complexity index is 1080. The molecular formula is C24H24F3N3O4. The zero-order valence-electron chi connectivity index (χ0n) is 18.2. The van der Waals surface area contributed by atoms with Crippen molar-refractivity contribution in [3.8, 4) is 17.0 Å². The van der Waals surface area contributed by atoms with E-state index in [9.17, 15) is 18.0 Å². The first-order chi connectivity index (χ1) is 16.3. The Morgan fingerprint density at radius 2 is 1.91 bits per heavy atom. The van der Waals surface area contributed by atoms with Crippen LogP contribution in [-0.4, -0.2) is 41.2 Å². The van der Waals surface area contributed by atoms with Gasteiger partial charge in [-0.1, -0.05) is 30.3 Å². The van der Waals surface area contributed by atoms with E-state index in [2.05, 4.69) is 20.0 Å². The minimum atomic E-state index is -4.74. The smallest absolute Gasteiger partial charge is 0.445 e. The summed E-state index contributed by atoms with van der Waals surface area (Å²) >= 11 is 0. The molecule has 2 aromatic carbocycles. The number of benzene rings is 2. The van der Waals surface area contributed by atoms with Crippen LogP contribution in [0.25, 0.3) is 11.3 Å². The van der Waals surface area contributed by atoms with Crippen LogP contribution in [0.15, 0.2) is 60.8 Å². The lowest BCUT2D eigenvalue weighted by Gasteiger charge is -2.36. The van der Waals surface area contributed by atoms with Crippen molar-refractivity contribution in [1.29, 1.82) is 0 Å². The van der Waals surface area contributed by atoms with Gasteiger partial charge >= 0.3 is 12.5 Å². The molecular weight excluding hydrogens is 451 g/mol. The van der Waals surface area contributed by atoms with Crippen molar-refractivity contribution in [2.75, 3.05) is 13.2 Å². The van der Waals surface area contributed by atoms with Crippen LogP contribution in [0, 0.1) is 0 Å². The average Bonchev–Trinajstić information content (AvgIpc) is 3.26. The molecule has 7 nitrogen and oxygen atoms in total. The molecule has 34 heavy (non-hydrogen) atoms. The number of alkyl halides is 3. The highest BCUT2D eigenvalue weighted by molar-refractivity contribution is 5.68. The number of alkyl carbamates (subject to hydrolysis) is 1. The fourth-order valence-corrected chi connectivity index (χ4v) is 3.87. The highest BCUT2D eigenvalue weighted by Gasteiger charge is 2.36. The Hall–Kier alpha value is -3.53. The summed E-state index contributed by atoms with van der Waals surface area (Å²) in [6.45, 7) is 1.08. The van der Waals surface area contributed by atoms with Gasteiger partial charge in [0.15, 0.2) is 0 Å². The molecule has 1 unspecified atom stereocenters. The summed E-state index contributed by atoms with van der Waals surface area (Å²) in [6.07, 6.45) is -1.85. The number of nitrogens with zero attached hydrogens (tertiary/aromatic N) is 1. The summed E-state index contributed by atoms with van der Waals surface area (Å²) in [5, 5.41) is 2.96. The molecule has 0 saturated carbocycles. The molecule has 4 rings (SSSR count). The highest BCUT2D eigenvalue weighted by Crippen LogP contribution is 2.27. The number of aromatic amines is 1. The number of aromatic nitrogens is 2. The van der Waals surface area contributed by atoms with Crippen LogP contribution in [0.3, 0.4) is 0 Å². The van der Waals surface area contributed by atoms with Crippen LogP contribution in [0.5, 0.6) is 5.75 Å². The zero-order valence-corrected chi connectivity index (χ0v) is 18.2. The van der Waals surface area contributed by atoms with Crippen molar-refractivity contribution in [3.63, 3.8) is 0 Å². The molecule has 180 valence electrons. The van der Waals surface area contributed by atoms with Crippen LogP contribution >= 0.6 is 0 Å². The van der Waals surface area contributed by atoms with Gasteiger partial charge in [-0.2, -0.15) is 0 Å². The van der Waals surface area contributed by atoms with Crippen molar-refractivity contribution in [3.05, 3.63) is 72.2 Å². The highest BCUT2D eigenvalue weighted by atomic mass is 19.4. The molecule has 1 amide bonds. The lowest BCUT2D eigenvalue weighted by atomic mass is 9.88. The van der Waals surface area contributed by atoms with Gasteiger partial charge in [-0.25, -0.2) is 9.78 Å². The van der Waals surface area contributed by atoms with Gasteiger partial charge in [0.1, 0.15) is 18.2 Å². The van der Waals surface area contributed by atoms with E-state index in [1.807, 2.05) is 30.3 Å². The number of halogens is 3. The van der Waals surface area contributed by atoms with Gasteiger partial charge in [0.05, 0.1) is 24.0 Å². The van der Waals surface area contributed by atoms with Crippen LogP contribution in [0.4, 0.5) is 18.0 Å². The van der Waals surface area contributed by atoms with E-state index in [0.717, 1.165) is 12.0 Å². The Labute approximate surface area is 194 Å². The number of amides is 1. The predicted octanol–water partition coefficient (Wildman–Crippen LogP) is 4.99. The monoisotopic (exact) mass is 475 g/mol. The maximum Gasteiger partial charge on any atom is 0.573 e. The number of carbonyl (C=O) groups excluding carboxylic acids is 1. The van der Waals surface area contributed by atoms with E-state index in [4.69, 9.17) is 9.47 Å². The second kappa shape index (κ2) is 10.2. The summed E-state index contributed by atoms with van der Waals surface area (Å²) < 4.78 is 52.0. The third-order valence-corrected chi connectivity index (χ3v) is 5.44. The molecule has 1 aliphatic heterocycles. The van der Waals surface area contributed by atoms with Crippen molar-refractivity contribution < 1.29 is 32.2 Å². The van der Waals surface area contributed by atoms with Gasteiger partial charge in [-0.15, -0.1) is 13.2 Å². The maximum atomic E-state index is 12.5. The van der Waals surface area contributed by atoms with Crippen molar-refractivity contribution in [2.45, 2.75) is 37.8 Å². The van der Waals surface area contributed by atoms with Crippen molar-refractivity contribution >= 4 is 6.09 Å². The van der Waals surface area contributed by atoms with E-state index in [1.165, 1.54) is 24.3 Å². The topological polar surface area (TPSA) is 85.5 Å². The Morgan fingerprint density at radius 1 is 1.15 bits per heavy atom. The minimum Gasteiger partial charge on any atom is -0.445 e. The van der Waals surface area contributed by atoms with E-state index in [-0.39, 0.29) is 12.4 Å². The summed E-state index contributed by atoms with van der Waals surface area (Å²) in [4.78, 5) is 20.1. The van der Waals surface area contributed by atoms with E-state index in [1.54, 1.807) is 6.20 Å². The quantitative estimate of drug-likeness (QED) is 0.503. The molecule has 0 bridgehead atoms.